The average Bonchev–Trinajstić information content (AvgIpc) is 2.65. The highest BCUT2D eigenvalue weighted by Gasteiger charge is 2.29. The molecule has 1 heterocycles. The van der Waals surface area contributed by atoms with Crippen LogP contribution in [0.3, 0.4) is 0 Å². The Morgan fingerprint density at radius 3 is 2.03 bits per heavy atom. The molecule has 0 aromatic heterocycles. The Morgan fingerprint density at radius 1 is 1.07 bits per heavy atom. The molecule has 0 radical (unpaired) electrons. The number of carboxylic acids is 1. The van der Waals surface area contributed by atoms with E-state index in [2.05, 4.69) is 13.8 Å². The van der Waals surface area contributed by atoms with E-state index >= 15 is 0 Å². The van der Waals surface area contributed by atoms with Gasteiger partial charge in [0.2, 0.25) is 5.91 Å². The Labute approximate surface area is 183 Å². The fraction of sp³-hybridized carbons (Fsp3) is 0.391. The lowest BCUT2D eigenvalue weighted by Crippen LogP contribution is -2.40. The Balaban J connectivity index is 0.000000314. The van der Waals surface area contributed by atoms with Gasteiger partial charge in [-0.2, -0.15) is 0 Å². The molecule has 0 spiro atoms. The molecule has 1 atom stereocenters. The zero-order chi connectivity index (χ0) is 21.8. The number of likely N-dealkylation sites (tertiary alicyclic amines) is 1. The van der Waals surface area contributed by atoms with Crippen LogP contribution in [0.5, 0.6) is 0 Å². The molecule has 1 saturated heterocycles. The van der Waals surface area contributed by atoms with Crippen molar-refractivity contribution in [2.45, 2.75) is 46.1 Å². The fourth-order valence-electron chi connectivity index (χ4n) is 2.99. The lowest BCUT2D eigenvalue weighted by atomic mass is 9.94. The van der Waals surface area contributed by atoms with E-state index in [-0.39, 0.29) is 11.9 Å². The second-order valence-corrected chi connectivity index (χ2v) is 8.09. The molecule has 158 valence electrons. The maximum Gasteiger partial charge on any atom is 0.300 e. The molecule has 4 nitrogen and oxygen atoms in total. The summed E-state index contributed by atoms with van der Waals surface area (Å²) in [6.45, 7) is 6.23. The highest BCUT2D eigenvalue weighted by molar-refractivity contribution is 6.30. The lowest BCUT2D eigenvalue weighted by molar-refractivity contribution is -0.137. The van der Waals surface area contributed by atoms with Gasteiger partial charge in [0.1, 0.15) is 0 Å². The lowest BCUT2D eigenvalue weighted by Gasteiger charge is -2.37. The summed E-state index contributed by atoms with van der Waals surface area (Å²) in [5, 5.41) is 8.96. The third-order valence-corrected chi connectivity index (χ3v) is 4.62. The number of amides is 1. The van der Waals surface area contributed by atoms with Gasteiger partial charge < -0.3 is 10.0 Å². The Bertz CT molecular complexity index is 744. The minimum absolute atomic E-state index is 0.228. The van der Waals surface area contributed by atoms with Crippen molar-refractivity contribution in [2.24, 2.45) is 5.92 Å². The predicted molar refractivity (Wildman–Crippen MR) is 119 cm³/mol. The van der Waals surface area contributed by atoms with Gasteiger partial charge in [-0.3, -0.25) is 9.59 Å². The summed E-state index contributed by atoms with van der Waals surface area (Å²) >= 11 is 11.5. The number of halogens is 2. The van der Waals surface area contributed by atoms with Gasteiger partial charge in [0.25, 0.3) is 5.97 Å². The average molecular weight is 438 g/mol. The van der Waals surface area contributed by atoms with Crippen LogP contribution in [0.2, 0.25) is 10.0 Å². The maximum atomic E-state index is 12.1. The van der Waals surface area contributed by atoms with E-state index in [1.807, 2.05) is 59.5 Å². The van der Waals surface area contributed by atoms with Crippen LogP contribution >= 0.6 is 23.2 Å². The number of rotatable bonds is 3. The topological polar surface area (TPSA) is 57.6 Å². The number of benzene rings is 2. The zero-order valence-electron chi connectivity index (χ0n) is 17.1. The second-order valence-electron chi connectivity index (χ2n) is 7.21. The highest BCUT2D eigenvalue weighted by Crippen LogP contribution is 2.32. The molecule has 0 saturated carbocycles. The number of hydrogen-bond donors (Lipinski definition) is 1. The van der Waals surface area contributed by atoms with Crippen LogP contribution in [0.4, 0.5) is 0 Å². The molecule has 1 amide bonds. The van der Waals surface area contributed by atoms with Crippen molar-refractivity contribution in [3.63, 3.8) is 0 Å². The fourth-order valence-corrected chi connectivity index (χ4v) is 3.26. The van der Waals surface area contributed by atoms with Crippen molar-refractivity contribution in [3.05, 3.63) is 70.2 Å². The highest BCUT2D eigenvalue weighted by atomic mass is 35.5. The van der Waals surface area contributed by atoms with E-state index in [0.717, 1.165) is 36.4 Å². The summed E-state index contributed by atoms with van der Waals surface area (Å²) in [6, 6.07) is 17.6. The molecule has 1 aliphatic heterocycles. The molecule has 29 heavy (non-hydrogen) atoms. The summed E-state index contributed by atoms with van der Waals surface area (Å²) in [6.07, 6.45) is 2.73. The number of carboxylic acid groups (broad SMARTS) is 1. The van der Waals surface area contributed by atoms with Gasteiger partial charge in [-0.1, -0.05) is 67.4 Å². The summed E-state index contributed by atoms with van der Waals surface area (Å²) in [7, 11) is 0. The molecule has 1 aliphatic rings. The van der Waals surface area contributed by atoms with Gasteiger partial charge in [0.05, 0.1) is 6.04 Å². The molecule has 0 unspecified atom stereocenters. The van der Waals surface area contributed by atoms with Gasteiger partial charge in [-0.25, -0.2) is 0 Å². The van der Waals surface area contributed by atoms with Gasteiger partial charge in [0, 0.05) is 29.9 Å². The van der Waals surface area contributed by atoms with E-state index in [1.165, 1.54) is 5.56 Å². The summed E-state index contributed by atoms with van der Waals surface area (Å²) < 4.78 is 0. The Kier molecular flexibility index (Phi) is 11.4. The minimum Gasteiger partial charge on any atom is -0.481 e. The molecule has 3 rings (SSSR count). The van der Waals surface area contributed by atoms with Crippen molar-refractivity contribution < 1.29 is 14.7 Å². The van der Waals surface area contributed by atoms with Crippen LogP contribution in [0.1, 0.15) is 51.6 Å². The molecule has 0 bridgehead atoms. The smallest absolute Gasteiger partial charge is 0.300 e. The molecule has 1 fully saturated rings. The number of nitrogens with zero attached hydrogens (tertiary/aromatic N) is 1. The van der Waals surface area contributed by atoms with Crippen molar-refractivity contribution >= 4 is 35.1 Å². The van der Waals surface area contributed by atoms with Crippen molar-refractivity contribution in [2.75, 3.05) is 6.54 Å². The normalized spacial score (nSPS) is 15.7. The molecular weight excluding hydrogens is 409 g/mol. The zero-order valence-corrected chi connectivity index (χ0v) is 18.7. The first-order valence-electron chi connectivity index (χ1n) is 9.65. The van der Waals surface area contributed by atoms with Crippen LogP contribution < -0.4 is 0 Å². The van der Waals surface area contributed by atoms with E-state index in [1.54, 1.807) is 0 Å². The third kappa shape index (κ3) is 10.3. The largest absolute Gasteiger partial charge is 0.481 e. The number of carbonyl (C=O) groups excluding carboxylic acids is 1. The number of aliphatic carboxylic acids is 1. The van der Waals surface area contributed by atoms with Gasteiger partial charge in [0.15, 0.2) is 0 Å². The van der Waals surface area contributed by atoms with Crippen LogP contribution in [0.25, 0.3) is 0 Å². The quantitative estimate of drug-likeness (QED) is 0.597. The molecule has 6 heteroatoms. The van der Waals surface area contributed by atoms with E-state index in [0.29, 0.717) is 12.3 Å². The van der Waals surface area contributed by atoms with E-state index in [9.17, 15) is 4.79 Å². The van der Waals surface area contributed by atoms with Crippen molar-refractivity contribution in [3.8, 4) is 0 Å². The summed E-state index contributed by atoms with van der Waals surface area (Å²) in [5.41, 5.74) is 1.20. The molecule has 0 aliphatic carbocycles. The van der Waals surface area contributed by atoms with Gasteiger partial charge in [-0.15, -0.1) is 0 Å². The molecule has 1 N–H and O–H groups in total. The first-order chi connectivity index (χ1) is 13.7. The van der Waals surface area contributed by atoms with Crippen molar-refractivity contribution in [1.82, 2.24) is 4.90 Å². The maximum absolute atomic E-state index is 12.1. The number of hydrogen-bond acceptors (Lipinski definition) is 2. The van der Waals surface area contributed by atoms with Gasteiger partial charge in [-0.05, 0) is 48.6 Å². The second kappa shape index (κ2) is 13.2. The Morgan fingerprint density at radius 2 is 1.59 bits per heavy atom. The van der Waals surface area contributed by atoms with Crippen LogP contribution in [0.15, 0.2) is 54.6 Å². The standard InChI is InChI=1S/C15H20ClNO.C6H5Cl.C2H4O2/c1-11(2)10-17-14(4-3-5-15(17)18)12-6-8-13(16)9-7-12;7-6-4-2-1-3-5-6;1-2(3)4/h6-9,11,14H,3-5,10H2,1-2H3;1-5H;1H3,(H,3,4)/t14-;;/m0../s1. The monoisotopic (exact) mass is 437 g/mol. The summed E-state index contributed by atoms with van der Waals surface area (Å²) in [5.74, 6) is -0.0447. The van der Waals surface area contributed by atoms with Crippen LogP contribution in [-0.2, 0) is 9.59 Å². The minimum atomic E-state index is -0.833. The predicted octanol–water partition coefficient (Wildman–Crippen LogP) is 6.48. The molecule has 2 aromatic carbocycles. The molecule has 2 aromatic rings. The van der Waals surface area contributed by atoms with Crippen molar-refractivity contribution in [1.29, 1.82) is 0 Å². The van der Waals surface area contributed by atoms with Crippen LogP contribution in [0, 0.1) is 5.92 Å². The number of piperidine rings is 1. The molecular formula is C23H29Cl2NO3. The first kappa shape index (κ1) is 25.0. The van der Waals surface area contributed by atoms with E-state index in [4.69, 9.17) is 33.1 Å². The first-order valence-corrected chi connectivity index (χ1v) is 10.4. The SMILES string of the molecule is CC(=O)O.CC(C)CN1C(=O)CCC[C@H]1c1ccc(Cl)cc1.Clc1ccccc1. The number of carbonyl (C=O) groups is 2. The summed E-state index contributed by atoms with van der Waals surface area (Å²) in [4.78, 5) is 23.1. The Hall–Kier alpha value is -2.04. The third-order valence-electron chi connectivity index (χ3n) is 4.11. The van der Waals surface area contributed by atoms with E-state index < -0.39 is 5.97 Å². The van der Waals surface area contributed by atoms with Gasteiger partial charge >= 0.3 is 0 Å². The van der Waals surface area contributed by atoms with Crippen LogP contribution in [-0.4, -0.2) is 28.4 Å².